The molecule has 0 aliphatic heterocycles. The maximum Gasteiger partial charge on any atom is 0.264 e. The minimum atomic E-state index is -4.36. The van der Waals surface area contributed by atoms with Crippen LogP contribution in [0.5, 0.6) is 5.75 Å². The largest absolute Gasteiger partial charge is 0.492 e. The molecular weight excluding hydrogens is 617 g/mol. The van der Waals surface area contributed by atoms with Gasteiger partial charge in [0.15, 0.2) is 0 Å². The molecule has 8 nitrogen and oxygen atoms in total. The van der Waals surface area contributed by atoms with E-state index in [1.54, 1.807) is 38.1 Å². The van der Waals surface area contributed by atoms with Gasteiger partial charge in [-0.15, -0.1) is 0 Å². The van der Waals surface area contributed by atoms with Crippen LogP contribution in [0.1, 0.15) is 25.0 Å². The molecule has 0 saturated carbocycles. The van der Waals surface area contributed by atoms with Gasteiger partial charge >= 0.3 is 0 Å². The number of rotatable bonds is 14. The van der Waals surface area contributed by atoms with Crippen LogP contribution in [-0.4, -0.2) is 50.9 Å². The van der Waals surface area contributed by atoms with Gasteiger partial charge in [0.25, 0.3) is 10.0 Å². The Bertz CT molecular complexity index is 1700. The van der Waals surface area contributed by atoms with Gasteiger partial charge in [0.05, 0.1) is 17.2 Å². The summed E-state index contributed by atoms with van der Waals surface area (Å²) in [5, 5.41) is 3.12. The lowest BCUT2D eigenvalue weighted by molar-refractivity contribution is -0.140. The number of ether oxygens (including phenoxy) is 1. The molecule has 0 fully saturated rings. The summed E-state index contributed by atoms with van der Waals surface area (Å²) in [5.41, 5.74) is 1.08. The normalized spacial score (nSPS) is 11.8. The number of para-hydroxylation sites is 2. The third-order valence-corrected chi connectivity index (χ3v) is 9.06. The quantitative estimate of drug-likeness (QED) is 0.185. The van der Waals surface area contributed by atoms with Crippen LogP contribution in [0.4, 0.5) is 10.1 Å². The molecular formula is C34H35ClFN3O5S. The molecule has 11 heteroatoms. The van der Waals surface area contributed by atoms with Crippen molar-refractivity contribution in [1.29, 1.82) is 0 Å². The minimum absolute atomic E-state index is 0.101. The summed E-state index contributed by atoms with van der Waals surface area (Å²) in [6, 6.07) is 26.1. The van der Waals surface area contributed by atoms with E-state index in [0.717, 1.165) is 9.87 Å². The zero-order valence-corrected chi connectivity index (χ0v) is 26.6. The van der Waals surface area contributed by atoms with Gasteiger partial charge in [-0.3, -0.25) is 13.9 Å². The fraction of sp³-hybridized carbons (Fsp3) is 0.235. The molecule has 45 heavy (non-hydrogen) atoms. The molecule has 4 aromatic rings. The number of anilines is 1. The van der Waals surface area contributed by atoms with Crippen LogP contribution >= 0.6 is 11.6 Å². The highest BCUT2D eigenvalue weighted by molar-refractivity contribution is 7.92. The topological polar surface area (TPSA) is 96.0 Å². The molecule has 236 valence electrons. The van der Waals surface area contributed by atoms with Gasteiger partial charge in [-0.1, -0.05) is 72.3 Å². The number of likely N-dealkylation sites (N-methyl/N-ethyl adjacent to an activating group) is 1. The van der Waals surface area contributed by atoms with E-state index in [2.05, 4.69) is 5.32 Å². The van der Waals surface area contributed by atoms with Gasteiger partial charge in [-0.25, -0.2) is 12.8 Å². The van der Waals surface area contributed by atoms with E-state index < -0.39 is 40.2 Å². The fourth-order valence-corrected chi connectivity index (χ4v) is 6.39. The van der Waals surface area contributed by atoms with Crippen molar-refractivity contribution in [3.8, 4) is 5.75 Å². The maximum atomic E-state index is 15.0. The van der Waals surface area contributed by atoms with Gasteiger partial charge in [0.2, 0.25) is 11.8 Å². The number of nitrogens with one attached hydrogen (secondary N) is 1. The van der Waals surface area contributed by atoms with E-state index in [9.17, 15) is 22.4 Å². The van der Waals surface area contributed by atoms with Crippen LogP contribution in [-0.2, 0) is 32.6 Å². The lowest BCUT2D eigenvalue weighted by Gasteiger charge is -2.34. The maximum absolute atomic E-state index is 15.0. The van der Waals surface area contributed by atoms with Crippen LogP contribution in [0.15, 0.2) is 108 Å². The van der Waals surface area contributed by atoms with E-state index in [1.807, 2.05) is 30.3 Å². The van der Waals surface area contributed by atoms with Crippen LogP contribution < -0.4 is 14.4 Å². The standard InChI is InChI=1S/C34H35ClFN3O5S/c1-3-37-34(41)31(22-25-12-6-5-7-13-25)38(23-26-14-8-9-15-29(26)36)33(40)24-39(30-16-10-11-17-32(30)44-4-2)45(42,43)28-20-18-27(35)19-21-28/h5-21,31H,3-4,22-24H2,1-2H3,(H,37,41)/t31-/m1/s1. The van der Waals surface area contributed by atoms with Crippen LogP contribution in [0.3, 0.4) is 0 Å². The Morgan fingerprint density at radius 2 is 1.53 bits per heavy atom. The molecule has 0 aromatic heterocycles. The summed E-state index contributed by atoms with van der Waals surface area (Å²) in [5.74, 6) is -1.48. The fourth-order valence-electron chi connectivity index (χ4n) is 4.84. The molecule has 0 bridgehead atoms. The van der Waals surface area contributed by atoms with Crippen molar-refractivity contribution >= 4 is 39.1 Å². The molecule has 0 saturated heterocycles. The monoisotopic (exact) mass is 651 g/mol. The molecule has 1 N–H and O–H groups in total. The second-order valence-electron chi connectivity index (χ2n) is 10.1. The SMILES string of the molecule is CCNC(=O)[C@@H](Cc1ccccc1)N(Cc1ccccc1F)C(=O)CN(c1ccccc1OCC)S(=O)(=O)c1ccc(Cl)cc1. The van der Waals surface area contributed by atoms with E-state index in [4.69, 9.17) is 16.3 Å². The van der Waals surface area contributed by atoms with Gasteiger partial charge in [0.1, 0.15) is 24.2 Å². The first-order valence-electron chi connectivity index (χ1n) is 14.5. The van der Waals surface area contributed by atoms with Gasteiger partial charge in [0, 0.05) is 30.1 Å². The van der Waals surface area contributed by atoms with Crippen LogP contribution in [0.25, 0.3) is 0 Å². The molecule has 0 aliphatic carbocycles. The average molecular weight is 652 g/mol. The number of carbonyl (C=O) groups is 2. The lowest BCUT2D eigenvalue weighted by Crippen LogP contribution is -2.53. The van der Waals surface area contributed by atoms with Crippen molar-refractivity contribution in [3.63, 3.8) is 0 Å². The molecule has 4 rings (SSSR count). The number of hydrogen-bond donors (Lipinski definition) is 1. The third-order valence-electron chi connectivity index (χ3n) is 7.03. The molecule has 0 heterocycles. The van der Waals surface area contributed by atoms with Crippen molar-refractivity contribution in [1.82, 2.24) is 10.2 Å². The first-order valence-corrected chi connectivity index (χ1v) is 16.3. The lowest BCUT2D eigenvalue weighted by atomic mass is 10.0. The van der Waals surface area contributed by atoms with Crippen molar-refractivity contribution in [3.05, 3.63) is 125 Å². The second-order valence-corrected chi connectivity index (χ2v) is 12.4. The summed E-state index contributed by atoms with van der Waals surface area (Å²) in [4.78, 5) is 29.1. The summed E-state index contributed by atoms with van der Waals surface area (Å²) in [6.45, 7) is 3.08. The Labute approximate surface area is 268 Å². The number of benzene rings is 4. The third kappa shape index (κ3) is 8.40. The van der Waals surface area contributed by atoms with E-state index in [1.165, 1.54) is 53.4 Å². The highest BCUT2D eigenvalue weighted by Gasteiger charge is 2.35. The van der Waals surface area contributed by atoms with Crippen molar-refractivity contribution in [2.75, 3.05) is 24.0 Å². The second kappa shape index (κ2) is 15.5. The molecule has 0 unspecified atom stereocenters. The molecule has 1 atom stereocenters. The van der Waals surface area contributed by atoms with Crippen molar-refractivity contribution in [2.24, 2.45) is 0 Å². The van der Waals surface area contributed by atoms with Crippen LogP contribution in [0, 0.1) is 5.82 Å². The highest BCUT2D eigenvalue weighted by atomic mass is 35.5. The Morgan fingerprint density at radius 1 is 0.889 bits per heavy atom. The smallest absolute Gasteiger partial charge is 0.264 e. The van der Waals surface area contributed by atoms with Crippen molar-refractivity contribution in [2.45, 2.75) is 37.8 Å². The minimum Gasteiger partial charge on any atom is -0.492 e. The zero-order chi connectivity index (χ0) is 32.4. The first-order chi connectivity index (χ1) is 21.6. The highest BCUT2D eigenvalue weighted by Crippen LogP contribution is 2.33. The summed E-state index contributed by atoms with van der Waals surface area (Å²) in [6.07, 6.45) is 0.117. The Balaban J connectivity index is 1.84. The predicted molar refractivity (Wildman–Crippen MR) is 173 cm³/mol. The Hall–Kier alpha value is -4.41. The number of nitrogens with zero attached hydrogens (tertiary/aromatic N) is 2. The molecule has 2 amide bonds. The summed E-state index contributed by atoms with van der Waals surface area (Å²) in [7, 11) is -4.36. The molecule has 0 aliphatic rings. The number of amides is 2. The molecule has 4 aromatic carbocycles. The summed E-state index contributed by atoms with van der Waals surface area (Å²) < 4.78 is 50.1. The van der Waals surface area contributed by atoms with Crippen LogP contribution in [0.2, 0.25) is 5.02 Å². The number of halogens is 2. The van der Waals surface area contributed by atoms with Crippen molar-refractivity contribution < 1.29 is 27.1 Å². The van der Waals surface area contributed by atoms with Gasteiger partial charge in [-0.2, -0.15) is 0 Å². The van der Waals surface area contributed by atoms with E-state index >= 15 is 0 Å². The number of sulfonamides is 1. The first kappa shape index (κ1) is 33.5. The zero-order valence-electron chi connectivity index (χ0n) is 25.0. The van der Waals surface area contributed by atoms with E-state index in [-0.39, 0.29) is 41.5 Å². The summed E-state index contributed by atoms with van der Waals surface area (Å²) >= 11 is 6.04. The predicted octanol–water partition coefficient (Wildman–Crippen LogP) is 5.85. The number of hydrogen-bond acceptors (Lipinski definition) is 5. The number of carbonyl (C=O) groups excluding carboxylic acids is 2. The van der Waals surface area contributed by atoms with Gasteiger partial charge < -0.3 is 15.0 Å². The molecule has 0 spiro atoms. The van der Waals surface area contributed by atoms with E-state index in [0.29, 0.717) is 11.6 Å². The average Bonchev–Trinajstić information content (AvgIpc) is 3.03. The molecule has 0 radical (unpaired) electrons. The van der Waals surface area contributed by atoms with Gasteiger partial charge in [-0.05, 0) is 61.9 Å². The Morgan fingerprint density at radius 3 is 2.20 bits per heavy atom. The Kier molecular flexibility index (Phi) is 11.6.